The number of amides is 1. The van der Waals surface area contributed by atoms with Crippen LogP contribution in [0.2, 0.25) is 0 Å². The minimum atomic E-state index is -0.00781. The Morgan fingerprint density at radius 3 is 2.90 bits per heavy atom. The third-order valence-corrected chi connectivity index (χ3v) is 3.32. The second kappa shape index (κ2) is 7.19. The topological polar surface area (TPSA) is 67.4 Å². The van der Waals surface area contributed by atoms with Crippen LogP contribution < -0.4 is 5.32 Å². The molecule has 1 aliphatic heterocycles. The van der Waals surface area contributed by atoms with Gasteiger partial charge in [-0.25, -0.2) is 9.97 Å². The number of carbonyl (C=O) groups excluding carboxylic acids is 1. The van der Waals surface area contributed by atoms with Gasteiger partial charge in [-0.2, -0.15) is 0 Å². The molecule has 1 aromatic rings. The zero-order valence-electron chi connectivity index (χ0n) is 12.1. The summed E-state index contributed by atoms with van der Waals surface area (Å²) in [5, 5.41) is 3.16. The maximum Gasteiger partial charge on any atom is 0.222 e. The van der Waals surface area contributed by atoms with Gasteiger partial charge in [0.25, 0.3) is 0 Å². The smallest absolute Gasteiger partial charge is 0.222 e. The van der Waals surface area contributed by atoms with Crippen LogP contribution in [0.25, 0.3) is 0 Å². The molecule has 1 aromatic heterocycles. The quantitative estimate of drug-likeness (QED) is 0.873. The van der Waals surface area contributed by atoms with Crippen molar-refractivity contribution >= 4 is 11.9 Å². The van der Waals surface area contributed by atoms with Gasteiger partial charge < -0.3 is 15.0 Å². The van der Waals surface area contributed by atoms with Gasteiger partial charge in [-0.3, -0.25) is 4.79 Å². The molecule has 0 radical (unpaired) electrons. The van der Waals surface area contributed by atoms with Crippen molar-refractivity contribution in [3.05, 3.63) is 18.0 Å². The number of carbonyl (C=O) groups is 1. The zero-order valence-corrected chi connectivity index (χ0v) is 12.1. The van der Waals surface area contributed by atoms with Crippen LogP contribution in [0, 0.1) is 0 Å². The Bertz CT molecular complexity index is 435. The van der Waals surface area contributed by atoms with Crippen molar-refractivity contribution in [3.8, 4) is 0 Å². The van der Waals surface area contributed by atoms with E-state index in [4.69, 9.17) is 4.74 Å². The number of hydrogen-bond acceptors (Lipinski definition) is 5. The van der Waals surface area contributed by atoms with E-state index in [1.54, 1.807) is 11.8 Å². The largest absolute Gasteiger partial charge is 0.373 e. The highest BCUT2D eigenvalue weighted by Gasteiger charge is 2.21. The lowest BCUT2D eigenvalue weighted by molar-refractivity contribution is -0.135. The Kier molecular flexibility index (Phi) is 5.29. The van der Waals surface area contributed by atoms with Gasteiger partial charge in [0.15, 0.2) is 0 Å². The molecule has 0 aliphatic carbocycles. The lowest BCUT2D eigenvalue weighted by Crippen LogP contribution is -2.47. The van der Waals surface area contributed by atoms with E-state index in [-0.39, 0.29) is 12.0 Å². The molecule has 1 N–H and O–H groups in total. The molecule has 1 saturated heterocycles. The molecular formula is C14H22N4O2. The predicted octanol–water partition coefficient (Wildman–Crippen LogP) is 1.09. The van der Waals surface area contributed by atoms with Crippen LogP contribution in [0.1, 0.15) is 25.8 Å². The van der Waals surface area contributed by atoms with Crippen molar-refractivity contribution in [3.63, 3.8) is 0 Å². The number of nitrogens with zero attached hydrogens (tertiary/aromatic N) is 3. The lowest BCUT2D eigenvalue weighted by atomic mass is 10.2. The van der Waals surface area contributed by atoms with Crippen LogP contribution in [0.15, 0.2) is 12.4 Å². The predicted molar refractivity (Wildman–Crippen MR) is 76.5 cm³/mol. The molecule has 0 unspecified atom stereocenters. The maximum absolute atomic E-state index is 11.3. The number of anilines is 1. The highest BCUT2D eigenvalue weighted by molar-refractivity contribution is 5.73. The van der Waals surface area contributed by atoms with Gasteiger partial charge in [-0.15, -0.1) is 0 Å². The Morgan fingerprint density at radius 1 is 1.50 bits per heavy atom. The third kappa shape index (κ3) is 4.16. The number of aromatic nitrogens is 2. The van der Waals surface area contributed by atoms with Crippen molar-refractivity contribution in [2.45, 2.75) is 32.8 Å². The van der Waals surface area contributed by atoms with Gasteiger partial charge in [-0.05, 0) is 12.0 Å². The molecule has 20 heavy (non-hydrogen) atoms. The minimum absolute atomic E-state index is 0.00781. The van der Waals surface area contributed by atoms with Gasteiger partial charge in [-0.1, -0.05) is 13.3 Å². The third-order valence-electron chi connectivity index (χ3n) is 3.32. The van der Waals surface area contributed by atoms with Gasteiger partial charge >= 0.3 is 0 Å². The molecule has 1 aliphatic rings. The van der Waals surface area contributed by atoms with Crippen LogP contribution >= 0.6 is 0 Å². The molecule has 2 heterocycles. The number of nitrogens with one attached hydrogen (secondary N) is 1. The first-order chi connectivity index (χ1) is 9.69. The molecule has 0 aromatic carbocycles. The van der Waals surface area contributed by atoms with E-state index in [0.29, 0.717) is 32.2 Å². The molecule has 1 fully saturated rings. The van der Waals surface area contributed by atoms with Crippen LogP contribution in [-0.4, -0.2) is 53.1 Å². The minimum Gasteiger partial charge on any atom is -0.373 e. The zero-order chi connectivity index (χ0) is 14.4. The van der Waals surface area contributed by atoms with Gasteiger partial charge in [0.05, 0.1) is 12.7 Å². The molecule has 6 nitrogen and oxygen atoms in total. The average Bonchev–Trinajstić information content (AvgIpc) is 2.47. The molecule has 0 spiro atoms. The summed E-state index contributed by atoms with van der Waals surface area (Å²) < 4.78 is 5.63. The second-order valence-electron chi connectivity index (χ2n) is 5.00. The first kappa shape index (κ1) is 14.7. The fourth-order valence-electron chi connectivity index (χ4n) is 2.20. The van der Waals surface area contributed by atoms with Gasteiger partial charge in [0.1, 0.15) is 0 Å². The monoisotopic (exact) mass is 278 g/mol. The van der Waals surface area contributed by atoms with Crippen molar-refractivity contribution in [2.24, 2.45) is 0 Å². The highest BCUT2D eigenvalue weighted by Crippen LogP contribution is 2.07. The first-order valence-electron chi connectivity index (χ1n) is 7.11. The van der Waals surface area contributed by atoms with Crippen LogP contribution in [0.4, 0.5) is 5.95 Å². The van der Waals surface area contributed by atoms with Crippen molar-refractivity contribution in [2.75, 3.05) is 31.6 Å². The van der Waals surface area contributed by atoms with Crippen molar-refractivity contribution in [1.82, 2.24) is 14.9 Å². The van der Waals surface area contributed by atoms with E-state index in [9.17, 15) is 4.79 Å². The highest BCUT2D eigenvalue weighted by atomic mass is 16.5. The summed E-state index contributed by atoms with van der Waals surface area (Å²) in [5.41, 5.74) is 1.15. The first-order valence-corrected chi connectivity index (χ1v) is 7.11. The van der Waals surface area contributed by atoms with Crippen LogP contribution in [-0.2, 0) is 16.0 Å². The lowest BCUT2D eigenvalue weighted by Gasteiger charge is -2.32. The number of aryl methyl sites for hydroxylation is 1. The normalized spacial score (nSPS) is 18.9. The van der Waals surface area contributed by atoms with E-state index in [0.717, 1.165) is 18.4 Å². The molecule has 110 valence electrons. The fourth-order valence-corrected chi connectivity index (χ4v) is 2.20. The number of hydrogen-bond donors (Lipinski definition) is 1. The maximum atomic E-state index is 11.3. The summed E-state index contributed by atoms with van der Waals surface area (Å²) in [5.74, 6) is 0.701. The van der Waals surface area contributed by atoms with Crippen LogP contribution in [0.5, 0.6) is 0 Å². The van der Waals surface area contributed by atoms with Gasteiger partial charge in [0, 0.05) is 39.0 Å². The number of rotatable bonds is 5. The van der Waals surface area contributed by atoms with Crippen LogP contribution in [0.3, 0.4) is 0 Å². The molecule has 0 bridgehead atoms. The second-order valence-corrected chi connectivity index (χ2v) is 5.00. The number of ether oxygens (including phenoxy) is 1. The van der Waals surface area contributed by atoms with E-state index in [2.05, 4.69) is 22.2 Å². The van der Waals surface area contributed by atoms with Gasteiger partial charge in [0.2, 0.25) is 11.9 Å². The Hall–Kier alpha value is -1.69. The van der Waals surface area contributed by atoms with E-state index < -0.39 is 0 Å². The molecule has 0 saturated carbocycles. The SMILES string of the molecule is CCCc1cnc(NC[C@H]2CN(C(C)=O)CCO2)nc1. The molecule has 1 atom stereocenters. The summed E-state index contributed by atoms with van der Waals surface area (Å²) in [6.45, 7) is 6.21. The van der Waals surface area contributed by atoms with E-state index in [1.807, 2.05) is 12.4 Å². The number of morpholine rings is 1. The van der Waals surface area contributed by atoms with E-state index >= 15 is 0 Å². The Labute approximate surface area is 119 Å². The summed E-state index contributed by atoms with van der Waals surface area (Å²) in [6.07, 6.45) is 5.78. The summed E-state index contributed by atoms with van der Waals surface area (Å²) in [7, 11) is 0. The molecular weight excluding hydrogens is 256 g/mol. The summed E-state index contributed by atoms with van der Waals surface area (Å²) >= 11 is 0. The molecule has 2 rings (SSSR count). The Balaban J connectivity index is 1.80. The standard InChI is InChI=1S/C14H22N4O2/c1-3-4-12-7-15-14(16-8-12)17-9-13-10-18(11(2)19)5-6-20-13/h7-8,13H,3-6,9-10H2,1-2H3,(H,15,16,17)/t13-/m0/s1. The van der Waals surface area contributed by atoms with Crippen molar-refractivity contribution in [1.29, 1.82) is 0 Å². The molecule has 1 amide bonds. The summed E-state index contributed by atoms with van der Waals surface area (Å²) in [6, 6.07) is 0. The Morgan fingerprint density at radius 2 is 2.25 bits per heavy atom. The van der Waals surface area contributed by atoms with E-state index in [1.165, 1.54) is 0 Å². The molecule has 6 heteroatoms. The summed E-state index contributed by atoms with van der Waals surface area (Å²) in [4.78, 5) is 21.7. The van der Waals surface area contributed by atoms with Crippen molar-refractivity contribution < 1.29 is 9.53 Å². The average molecular weight is 278 g/mol. The fraction of sp³-hybridized carbons (Fsp3) is 0.643.